The van der Waals surface area contributed by atoms with Crippen molar-refractivity contribution in [3.63, 3.8) is 0 Å². The van der Waals surface area contributed by atoms with Crippen LogP contribution in [0.5, 0.6) is 0 Å². The molecule has 0 N–H and O–H groups in total. The van der Waals surface area contributed by atoms with Gasteiger partial charge in [0.25, 0.3) is 5.91 Å². The molecule has 20 heavy (non-hydrogen) atoms. The van der Waals surface area contributed by atoms with Crippen molar-refractivity contribution in [2.45, 2.75) is 6.10 Å². The summed E-state index contributed by atoms with van der Waals surface area (Å²) >= 11 is 12.0. The standard InChI is InChI=1S/C13H13Cl2NO4/c1-19-13(18)10-7-16(5-6-20-10)12(17)11-8(14)3-2-4-9(11)15/h2-4,10H,5-7H2,1H3. The summed E-state index contributed by atoms with van der Waals surface area (Å²) in [5, 5.41) is 0.562. The molecule has 0 aromatic heterocycles. The molecule has 1 saturated heterocycles. The Labute approximate surface area is 126 Å². The van der Waals surface area contributed by atoms with Crippen molar-refractivity contribution in [3.05, 3.63) is 33.8 Å². The van der Waals surface area contributed by atoms with Gasteiger partial charge in [0.15, 0.2) is 6.10 Å². The highest BCUT2D eigenvalue weighted by atomic mass is 35.5. The SMILES string of the molecule is COC(=O)C1CN(C(=O)c2c(Cl)cccc2Cl)CCO1. The molecule has 1 atom stereocenters. The van der Waals surface area contributed by atoms with E-state index in [0.717, 1.165) is 0 Å². The Morgan fingerprint density at radius 2 is 2.00 bits per heavy atom. The number of halogens is 2. The molecule has 1 fully saturated rings. The number of methoxy groups -OCH3 is 1. The van der Waals surface area contributed by atoms with Crippen LogP contribution in [0.2, 0.25) is 10.0 Å². The third-order valence-electron chi connectivity index (χ3n) is 2.99. The molecule has 1 unspecified atom stereocenters. The zero-order chi connectivity index (χ0) is 14.7. The summed E-state index contributed by atoms with van der Waals surface area (Å²) in [5.74, 6) is -0.828. The van der Waals surface area contributed by atoms with Gasteiger partial charge in [0.05, 0.1) is 35.9 Å². The second-order valence-electron chi connectivity index (χ2n) is 4.23. The molecule has 0 bridgehead atoms. The van der Waals surface area contributed by atoms with Crippen molar-refractivity contribution in [1.82, 2.24) is 4.90 Å². The van der Waals surface area contributed by atoms with Gasteiger partial charge in [-0.3, -0.25) is 4.79 Å². The molecule has 0 spiro atoms. The van der Waals surface area contributed by atoms with Crippen LogP contribution in [0, 0.1) is 0 Å². The highest BCUT2D eigenvalue weighted by Gasteiger charge is 2.31. The molecule has 0 saturated carbocycles. The minimum Gasteiger partial charge on any atom is -0.467 e. The first-order chi connectivity index (χ1) is 9.54. The second kappa shape index (κ2) is 6.43. The summed E-state index contributed by atoms with van der Waals surface area (Å²) in [6, 6.07) is 4.86. The van der Waals surface area contributed by atoms with E-state index >= 15 is 0 Å². The van der Waals surface area contributed by atoms with E-state index in [2.05, 4.69) is 4.74 Å². The van der Waals surface area contributed by atoms with Crippen molar-refractivity contribution in [1.29, 1.82) is 0 Å². The Morgan fingerprint density at radius 3 is 2.60 bits per heavy atom. The van der Waals surface area contributed by atoms with E-state index in [4.69, 9.17) is 27.9 Å². The molecule has 1 aliphatic rings. The lowest BCUT2D eigenvalue weighted by Crippen LogP contribution is -2.49. The highest BCUT2D eigenvalue weighted by Crippen LogP contribution is 2.26. The summed E-state index contributed by atoms with van der Waals surface area (Å²) in [6.07, 6.45) is -0.779. The average Bonchev–Trinajstić information content (AvgIpc) is 2.46. The zero-order valence-electron chi connectivity index (χ0n) is 10.8. The molecule has 2 rings (SSSR count). The van der Waals surface area contributed by atoms with Crippen LogP contribution < -0.4 is 0 Å². The minimum atomic E-state index is -0.779. The van der Waals surface area contributed by atoms with E-state index in [1.54, 1.807) is 18.2 Å². The van der Waals surface area contributed by atoms with Crippen LogP contribution >= 0.6 is 23.2 Å². The maximum Gasteiger partial charge on any atom is 0.336 e. The lowest BCUT2D eigenvalue weighted by molar-refractivity contribution is -0.158. The Bertz CT molecular complexity index is 515. The number of hydrogen-bond acceptors (Lipinski definition) is 4. The maximum absolute atomic E-state index is 12.4. The molecule has 7 heteroatoms. The molecule has 1 aliphatic heterocycles. The molecule has 1 aromatic carbocycles. The second-order valence-corrected chi connectivity index (χ2v) is 5.04. The summed E-state index contributed by atoms with van der Waals surface area (Å²) in [5.41, 5.74) is 0.237. The summed E-state index contributed by atoms with van der Waals surface area (Å²) in [6.45, 7) is 0.745. The minimum absolute atomic E-state index is 0.118. The third-order valence-corrected chi connectivity index (χ3v) is 3.62. The third kappa shape index (κ3) is 3.06. The smallest absolute Gasteiger partial charge is 0.336 e. The predicted molar refractivity (Wildman–Crippen MR) is 74.1 cm³/mol. The fourth-order valence-corrected chi connectivity index (χ4v) is 2.53. The number of esters is 1. The van der Waals surface area contributed by atoms with Crippen molar-refractivity contribution >= 4 is 35.1 Å². The van der Waals surface area contributed by atoms with Gasteiger partial charge in [0.1, 0.15) is 0 Å². The van der Waals surface area contributed by atoms with E-state index in [9.17, 15) is 9.59 Å². The largest absolute Gasteiger partial charge is 0.467 e. The van der Waals surface area contributed by atoms with E-state index in [0.29, 0.717) is 6.54 Å². The van der Waals surface area contributed by atoms with E-state index < -0.39 is 12.1 Å². The Kier molecular flexibility index (Phi) is 4.86. The molecular weight excluding hydrogens is 305 g/mol. The summed E-state index contributed by atoms with van der Waals surface area (Å²) in [4.78, 5) is 25.4. The van der Waals surface area contributed by atoms with Crippen LogP contribution in [-0.2, 0) is 14.3 Å². The van der Waals surface area contributed by atoms with Crippen LogP contribution in [-0.4, -0.2) is 49.7 Å². The van der Waals surface area contributed by atoms with Gasteiger partial charge < -0.3 is 14.4 Å². The fraction of sp³-hybridized carbons (Fsp3) is 0.385. The van der Waals surface area contributed by atoms with Crippen molar-refractivity contribution < 1.29 is 19.1 Å². The Balaban J connectivity index is 2.19. The van der Waals surface area contributed by atoms with Gasteiger partial charge in [-0.05, 0) is 12.1 Å². The molecule has 108 valence electrons. The molecule has 1 amide bonds. The average molecular weight is 318 g/mol. The molecule has 1 heterocycles. The normalized spacial score (nSPS) is 18.8. The number of hydrogen-bond donors (Lipinski definition) is 0. The van der Waals surface area contributed by atoms with Gasteiger partial charge in [0, 0.05) is 6.54 Å². The lowest BCUT2D eigenvalue weighted by atomic mass is 10.1. The summed E-state index contributed by atoms with van der Waals surface area (Å²) in [7, 11) is 1.28. The number of morpholine rings is 1. The molecule has 1 aromatic rings. The van der Waals surface area contributed by atoms with Crippen LogP contribution in [0.25, 0.3) is 0 Å². The van der Waals surface area contributed by atoms with Crippen LogP contribution in [0.3, 0.4) is 0 Å². The van der Waals surface area contributed by atoms with E-state index in [-0.39, 0.29) is 34.7 Å². The van der Waals surface area contributed by atoms with Crippen LogP contribution in [0.15, 0.2) is 18.2 Å². The quantitative estimate of drug-likeness (QED) is 0.783. The van der Waals surface area contributed by atoms with Gasteiger partial charge in [-0.25, -0.2) is 4.79 Å². The predicted octanol–water partition coefficient (Wildman–Crippen LogP) is 2.01. The number of carbonyl (C=O) groups is 2. The van der Waals surface area contributed by atoms with Crippen molar-refractivity contribution in [2.24, 2.45) is 0 Å². The maximum atomic E-state index is 12.4. The monoisotopic (exact) mass is 317 g/mol. The molecular formula is C13H13Cl2NO4. The van der Waals surface area contributed by atoms with Gasteiger partial charge in [0.2, 0.25) is 0 Å². The molecule has 5 nitrogen and oxygen atoms in total. The van der Waals surface area contributed by atoms with Crippen LogP contribution in [0.1, 0.15) is 10.4 Å². The van der Waals surface area contributed by atoms with E-state index in [1.807, 2.05) is 0 Å². The first-order valence-corrected chi connectivity index (χ1v) is 6.73. The number of carbonyl (C=O) groups excluding carboxylic acids is 2. The highest BCUT2D eigenvalue weighted by molar-refractivity contribution is 6.39. The molecule has 0 aliphatic carbocycles. The number of nitrogens with zero attached hydrogens (tertiary/aromatic N) is 1. The first kappa shape index (κ1) is 15.1. The first-order valence-electron chi connectivity index (χ1n) is 5.97. The van der Waals surface area contributed by atoms with Gasteiger partial charge >= 0.3 is 5.97 Å². The fourth-order valence-electron chi connectivity index (χ4n) is 1.97. The van der Waals surface area contributed by atoms with Crippen molar-refractivity contribution in [3.8, 4) is 0 Å². The zero-order valence-corrected chi connectivity index (χ0v) is 12.3. The van der Waals surface area contributed by atoms with E-state index in [1.165, 1.54) is 12.0 Å². The number of amides is 1. The van der Waals surface area contributed by atoms with Crippen LogP contribution in [0.4, 0.5) is 0 Å². The number of benzene rings is 1. The number of ether oxygens (including phenoxy) is 2. The van der Waals surface area contributed by atoms with Gasteiger partial charge in [-0.15, -0.1) is 0 Å². The Hall–Kier alpha value is -1.30. The van der Waals surface area contributed by atoms with Crippen molar-refractivity contribution in [2.75, 3.05) is 26.8 Å². The summed E-state index contributed by atoms with van der Waals surface area (Å²) < 4.78 is 9.89. The molecule has 0 radical (unpaired) electrons. The topological polar surface area (TPSA) is 55.8 Å². The van der Waals surface area contributed by atoms with Gasteiger partial charge in [-0.2, -0.15) is 0 Å². The Morgan fingerprint density at radius 1 is 1.35 bits per heavy atom. The lowest BCUT2D eigenvalue weighted by Gasteiger charge is -2.31. The van der Waals surface area contributed by atoms with Gasteiger partial charge in [-0.1, -0.05) is 29.3 Å². The number of rotatable bonds is 2.